The van der Waals surface area contributed by atoms with Crippen LogP contribution in [-0.4, -0.2) is 25.2 Å². The molecule has 4 rings (SSSR count). The van der Waals surface area contributed by atoms with Crippen molar-refractivity contribution in [3.8, 4) is 5.82 Å². The van der Waals surface area contributed by atoms with Crippen LogP contribution in [0, 0.1) is 0 Å². The van der Waals surface area contributed by atoms with E-state index in [0.29, 0.717) is 17.1 Å². The number of para-hydroxylation sites is 1. The number of aromatic nitrogens is 4. The van der Waals surface area contributed by atoms with Gasteiger partial charge in [-0.3, -0.25) is 4.79 Å². The van der Waals surface area contributed by atoms with Gasteiger partial charge in [0.1, 0.15) is 0 Å². The molecule has 0 bridgehead atoms. The maximum Gasteiger partial charge on any atom is 0.257 e. The molecule has 3 aromatic heterocycles. The van der Waals surface area contributed by atoms with E-state index in [0.717, 1.165) is 17.4 Å². The van der Waals surface area contributed by atoms with Gasteiger partial charge in [0.25, 0.3) is 5.91 Å². The minimum absolute atomic E-state index is 0.162. The molecule has 6 nitrogen and oxygen atoms in total. The number of pyridine rings is 1. The highest BCUT2D eigenvalue weighted by Crippen LogP contribution is 2.23. The van der Waals surface area contributed by atoms with Crippen molar-refractivity contribution >= 4 is 22.5 Å². The Hall–Kier alpha value is -3.41. The second kappa shape index (κ2) is 6.24. The van der Waals surface area contributed by atoms with Crippen LogP contribution in [0.25, 0.3) is 16.7 Å². The molecule has 25 heavy (non-hydrogen) atoms. The Labute approximate surface area is 144 Å². The normalized spacial score (nSPS) is 10.9. The monoisotopic (exact) mass is 331 g/mol. The molecule has 0 saturated heterocycles. The van der Waals surface area contributed by atoms with Crippen LogP contribution < -0.4 is 5.32 Å². The summed E-state index contributed by atoms with van der Waals surface area (Å²) >= 11 is 0. The van der Waals surface area contributed by atoms with Crippen LogP contribution >= 0.6 is 0 Å². The van der Waals surface area contributed by atoms with Crippen LogP contribution in [0.3, 0.4) is 0 Å². The van der Waals surface area contributed by atoms with Gasteiger partial charge < -0.3 is 9.88 Å². The first-order valence-corrected chi connectivity index (χ1v) is 8.12. The lowest BCUT2D eigenvalue weighted by Gasteiger charge is -2.09. The second-order valence-corrected chi connectivity index (χ2v) is 5.63. The topological polar surface area (TPSA) is 64.7 Å². The Kier molecular flexibility index (Phi) is 3.78. The molecule has 0 saturated carbocycles. The number of hydrogen-bond acceptors (Lipinski definition) is 3. The van der Waals surface area contributed by atoms with Crippen LogP contribution in [0.5, 0.6) is 0 Å². The SMILES string of the molecule is CCn1cc(C(=O)Nc2cccnc2-n2cccn2)c2ccccc21. The summed E-state index contributed by atoms with van der Waals surface area (Å²) in [5.41, 5.74) is 2.31. The first-order chi connectivity index (χ1) is 12.3. The third kappa shape index (κ3) is 2.67. The smallest absolute Gasteiger partial charge is 0.257 e. The predicted molar refractivity (Wildman–Crippen MR) is 96.9 cm³/mol. The number of carbonyl (C=O) groups excluding carboxylic acids is 1. The van der Waals surface area contributed by atoms with Crippen LogP contribution in [0.15, 0.2) is 67.3 Å². The zero-order chi connectivity index (χ0) is 17.2. The lowest BCUT2D eigenvalue weighted by atomic mass is 10.1. The van der Waals surface area contributed by atoms with E-state index in [1.165, 1.54) is 0 Å². The van der Waals surface area contributed by atoms with Crippen molar-refractivity contribution in [2.75, 3.05) is 5.32 Å². The van der Waals surface area contributed by atoms with Gasteiger partial charge in [-0.05, 0) is 31.2 Å². The Morgan fingerprint density at radius 1 is 1.12 bits per heavy atom. The van der Waals surface area contributed by atoms with Gasteiger partial charge >= 0.3 is 0 Å². The molecule has 0 fully saturated rings. The minimum Gasteiger partial charge on any atom is -0.347 e. The number of hydrogen-bond donors (Lipinski definition) is 1. The van der Waals surface area contributed by atoms with Gasteiger partial charge in [0.15, 0.2) is 5.82 Å². The molecule has 0 aliphatic heterocycles. The molecular formula is C19H17N5O. The summed E-state index contributed by atoms with van der Waals surface area (Å²) in [5, 5.41) is 8.10. The summed E-state index contributed by atoms with van der Waals surface area (Å²) < 4.78 is 3.70. The summed E-state index contributed by atoms with van der Waals surface area (Å²) in [7, 11) is 0. The zero-order valence-corrected chi connectivity index (χ0v) is 13.8. The molecule has 0 atom stereocenters. The van der Waals surface area contributed by atoms with Crippen LogP contribution in [0.4, 0.5) is 5.69 Å². The largest absolute Gasteiger partial charge is 0.347 e. The van der Waals surface area contributed by atoms with Crippen LogP contribution in [-0.2, 0) is 6.54 Å². The Balaban J connectivity index is 1.73. The van der Waals surface area contributed by atoms with Gasteiger partial charge in [0.2, 0.25) is 0 Å². The van der Waals surface area contributed by atoms with E-state index in [1.807, 2.05) is 42.6 Å². The molecule has 0 spiro atoms. The van der Waals surface area contributed by atoms with Gasteiger partial charge in [0, 0.05) is 42.2 Å². The van der Waals surface area contributed by atoms with Crippen LogP contribution in [0.1, 0.15) is 17.3 Å². The molecule has 1 N–H and O–H groups in total. The quantitative estimate of drug-likeness (QED) is 0.622. The van der Waals surface area contributed by atoms with Crippen molar-refractivity contribution in [2.24, 2.45) is 0 Å². The third-order valence-electron chi connectivity index (χ3n) is 4.13. The standard InChI is InChI=1S/C19H17N5O/c1-2-23-13-15(14-7-3-4-9-17(14)23)19(25)22-16-8-5-10-20-18(16)24-12-6-11-21-24/h3-13H,2H2,1H3,(H,22,25). The first-order valence-electron chi connectivity index (χ1n) is 8.12. The number of benzene rings is 1. The third-order valence-corrected chi connectivity index (χ3v) is 4.13. The summed E-state index contributed by atoms with van der Waals surface area (Å²) in [6.07, 6.45) is 7.04. The minimum atomic E-state index is -0.162. The van der Waals surface area contributed by atoms with E-state index in [1.54, 1.807) is 29.3 Å². The fraction of sp³-hybridized carbons (Fsp3) is 0.105. The van der Waals surface area contributed by atoms with Crippen molar-refractivity contribution in [3.05, 3.63) is 72.8 Å². The lowest BCUT2D eigenvalue weighted by molar-refractivity contribution is 0.102. The van der Waals surface area contributed by atoms with E-state index in [2.05, 4.69) is 26.9 Å². The molecule has 124 valence electrons. The van der Waals surface area contributed by atoms with Gasteiger partial charge in [0.05, 0.1) is 11.3 Å². The lowest BCUT2D eigenvalue weighted by Crippen LogP contribution is -2.14. The van der Waals surface area contributed by atoms with Crippen molar-refractivity contribution in [1.29, 1.82) is 0 Å². The maximum atomic E-state index is 12.9. The Morgan fingerprint density at radius 2 is 2.00 bits per heavy atom. The molecule has 0 unspecified atom stereocenters. The van der Waals surface area contributed by atoms with Crippen molar-refractivity contribution in [2.45, 2.75) is 13.5 Å². The van der Waals surface area contributed by atoms with Crippen molar-refractivity contribution in [1.82, 2.24) is 19.3 Å². The fourth-order valence-electron chi connectivity index (χ4n) is 2.95. The van der Waals surface area contributed by atoms with Gasteiger partial charge in [-0.2, -0.15) is 5.10 Å². The molecule has 0 radical (unpaired) electrons. The number of rotatable bonds is 4. The van der Waals surface area contributed by atoms with Crippen molar-refractivity contribution in [3.63, 3.8) is 0 Å². The number of carbonyl (C=O) groups is 1. The molecule has 4 aromatic rings. The molecule has 0 aliphatic carbocycles. The summed E-state index contributed by atoms with van der Waals surface area (Å²) in [6.45, 7) is 2.87. The fourth-order valence-corrected chi connectivity index (χ4v) is 2.95. The summed E-state index contributed by atoms with van der Waals surface area (Å²) in [4.78, 5) is 17.2. The average molecular weight is 331 g/mol. The number of aryl methyl sites for hydroxylation is 1. The van der Waals surface area contributed by atoms with Crippen LogP contribution in [0.2, 0.25) is 0 Å². The van der Waals surface area contributed by atoms with Crippen molar-refractivity contribution < 1.29 is 4.79 Å². The molecular weight excluding hydrogens is 314 g/mol. The molecule has 0 aliphatic rings. The van der Waals surface area contributed by atoms with E-state index in [-0.39, 0.29) is 5.91 Å². The molecule has 6 heteroatoms. The number of anilines is 1. The van der Waals surface area contributed by atoms with E-state index in [4.69, 9.17) is 0 Å². The Morgan fingerprint density at radius 3 is 2.80 bits per heavy atom. The highest BCUT2D eigenvalue weighted by Gasteiger charge is 2.16. The number of fused-ring (bicyclic) bond motifs is 1. The Bertz CT molecular complexity index is 1030. The van der Waals surface area contributed by atoms with Gasteiger partial charge in [-0.25, -0.2) is 9.67 Å². The summed E-state index contributed by atoms with van der Waals surface area (Å²) in [5.74, 6) is 0.421. The molecule has 1 aromatic carbocycles. The number of nitrogens with zero attached hydrogens (tertiary/aromatic N) is 4. The maximum absolute atomic E-state index is 12.9. The number of nitrogens with one attached hydrogen (secondary N) is 1. The highest BCUT2D eigenvalue weighted by molar-refractivity contribution is 6.13. The second-order valence-electron chi connectivity index (χ2n) is 5.63. The van der Waals surface area contributed by atoms with Gasteiger partial charge in [-0.15, -0.1) is 0 Å². The van der Waals surface area contributed by atoms with E-state index < -0.39 is 0 Å². The van der Waals surface area contributed by atoms with E-state index in [9.17, 15) is 4.79 Å². The molecule has 3 heterocycles. The van der Waals surface area contributed by atoms with E-state index >= 15 is 0 Å². The summed E-state index contributed by atoms with van der Waals surface area (Å²) in [6, 6.07) is 13.3. The number of amides is 1. The predicted octanol–water partition coefficient (Wildman–Crippen LogP) is 3.49. The van der Waals surface area contributed by atoms with Gasteiger partial charge in [-0.1, -0.05) is 18.2 Å². The zero-order valence-electron chi connectivity index (χ0n) is 13.8. The molecule has 1 amide bonds. The highest BCUT2D eigenvalue weighted by atomic mass is 16.1. The average Bonchev–Trinajstić information content (AvgIpc) is 3.30. The first kappa shape index (κ1) is 15.1.